The number of carbonyl (C=O) groups excluding carboxylic acids is 1. The fourth-order valence-corrected chi connectivity index (χ4v) is 2.50. The van der Waals surface area contributed by atoms with Crippen molar-refractivity contribution < 1.29 is 9.21 Å². The summed E-state index contributed by atoms with van der Waals surface area (Å²) in [4.78, 5) is 15.5. The molecule has 0 spiro atoms. The molecule has 0 N–H and O–H groups in total. The lowest BCUT2D eigenvalue weighted by Gasteiger charge is -2.20. The Balaban J connectivity index is 1.66. The molecule has 1 aliphatic rings. The molecule has 1 aliphatic carbocycles. The minimum Gasteiger partial charge on any atom is -0.442 e. The predicted octanol–water partition coefficient (Wildman–Crippen LogP) is 3.61. The molecule has 0 radical (unpaired) electrons. The second kappa shape index (κ2) is 5.83. The average Bonchev–Trinajstić information content (AvgIpc) is 2.84. The summed E-state index contributed by atoms with van der Waals surface area (Å²) in [5, 5.41) is 0. The van der Waals surface area contributed by atoms with Crippen LogP contribution in [0.4, 0.5) is 0 Å². The highest BCUT2D eigenvalue weighted by Crippen LogP contribution is 2.27. The molecule has 0 amide bonds. The van der Waals surface area contributed by atoms with Crippen molar-refractivity contribution >= 4 is 5.78 Å². The van der Waals surface area contributed by atoms with Gasteiger partial charge in [0.25, 0.3) is 5.89 Å². The molecule has 0 bridgehead atoms. The SMILES string of the molecule is O=C(CCCC1CCCCC1)c1ncco1. The summed E-state index contributed by atoms with van der Waals surface area (Å²) in [6, 6.07) is 0. The van der Waals surface area contributed by atoms with Gasteiger partial charge in [0.1, 0.15) is 6.26 Å². The zero-order chi connectivity index (χ0) is 11.2. The van der Waals surface area contributed by atoms with Crippen molar-refractivity contribution in [3.63, 3.8) is 0 Å². The van der Waals surface area contributed by atoms with Crippen molar-refractivity contribution in [2.75, 3.05) is 0 Å². The predicted molar refractivity (Wildman–Crippen MR) is 61.3 cm³/mol. The van der Waals surface area contributed by atoms with Gasteiger partial charge in [-0.1, -0.05) is 38.5 Å². The Hall–Kier alpha value is -1.12. The van der Waals surface area contributed by atoms with Crippen molar-refractivity contribution in [1.82, 2.24) is 4.98 Å². The van der Waals surface area contributed by atoms with Crippen LogP contribution in [0.3, 0.4) is 0 Å². The van der Waals surface area contributed by atoms with Crippen molar-refractivity contribution in [3.05, 3.63) is 18.4 Å². The third-order valence-electron chi connectivity index (χ3n) is 3.41. The summed E-state index contributed by atoms with van der Waals surface area (Å²) in [6.07, 6.45) is 12.6. The Morgan fingerprint density at radius 3 is 2.88 bits per heavy atom. The third-order valence-corrected chi connectivity index (χ3v) is 3.41. The summed E-state index contributed by atoms with van der Waals surface area (Å²) < 4.78 is 4.98. The highest BCUT2D eigenvalue weighted by molar-refractivity contribution is 5.91. The Bertz CT molecular complexity index is 313. The number of rotatable bonds is 5. The van der Waals surface area contributed by atoms with E-state index in [1.165, 1.54) is 51.0 Å². The van der Waals surface area contributed by atoms with Gasteiger partial charge in [0, 0.05) is 6.42 Å². The summed E-state index contributed by atoms with van der Waals surface area (Å²) >= 11 is 0. The van der Waals surface area contributed by atoms with Gasteiger partial charge in [-0.2, -0.15) is 0 Å². The highest BCUT2D eigenvalue weighted by Gasteiger charge is 2.15. The Morgan fingerprint density at radius 1 is 1.38 bits per heavy atom. The van der Waals surface area contributed by atoms with Crippen LogP contribution in [0.1, 0.15) is 62.1 Å². The molecule has 1 aromatic rings. The molecule has 16 heavy (non-hydrogen) atoms. The van der Waals surface area contributed by atoms with Crippen molar-refractivity contribution in [2.45, 2.75) is 51.4 Å². The van der Waals surface area contributed by atoms with Crippen LogP contribution < -0.4 is 0 Å². The van der Waals surface area contributed by atoms with Gasteiger partial charge in [-0.05, 0) is 12.3 Å². The minimum absolute atomic E-state index is 0.0424. The van der Waals surface area contributed by atoms with Crippen molar-refractivity contribution in [2.24, 2.45) is 5.92 Å². The van der Waals surface area contributed by atoms with Gasteiger partial charge in [0.2, 0.25) is 5.78 Å². The standard InChI is InChI=1S/C13H19NO2/c15-12(13-14-9-10-16-13)8-4-7-11-5-2-1-3-6-11/h9-11H,1-8H2. The highest BCUT2D eigenvalue weighted by atomic mass is 16.3. The normalized spacial score (nSPS) is 17.5. The lowest BCUT2D eigenvalue weighted by molar-refractivity contribution is 0.0943. The summed E-state index contributed by atoms with van der Waals surface area (Å²) in [6.45, 7) is 0. The monoisotopic (exact) mass is 221 g/mol. The molecule has 1 saturated carbocycles. The second-order valence-corrected chi connectivity index (χ2v) is 4.66. The first-order valence-electron chi connectivity index (χ1n) is 6.29. The van der Waals surface area contributed by atoms with Crippen LogP contribution in [0, 0.1) is 5.92 Å². The zero-order valence-electron chi connectivity index (χ0n) is 9.65. The topological polar surface area (TPSA) is 43.1 Å². The molecule has 2 rings (SSSR count). The molecule has 3 heteroatoms. The van der Waals surface area contributed by atoms with E-state index in [9.17, 15) is 4.79 Å². The molecule has 88 valence electrons. The van der Waals surface area contributed by atoms with E-state index < -0.39 is 0 Å². The van der Waals surface area contributed by atoms with Crippen LogP contribution >= 0.6 is 0 Å². The maximum atomic E-state index is 11.6. The van der Waals surface area contributed by atoms with E-state index in [1.54, 1.807) is 0 Å². The molecular weight excluding hydrogens is 202 g/mol. The first kappa shape index (κ1) is 11.4. The van der Waals surface area contributed by atoms with Gasteiger partial charge in [-0.15, -0.1) is 0 Å². The molecule has 0 aromatic carbocycles. The maximum absolute atomic E-state index is 11.6. The first-order valence-corrected chi connectivity index (χ1v) is 6.29. The minimum atomic E-state index is 0.0424. The zero-order valence-corrected chi connectivity index (χ0v) is 9.65. The van der Waals surface area contributed by atoms with E-state index in [0.29, 0.717) is 6.42 Å². The number of carbonyl (C=O) groups is 1. The number of hydrogen-bond acceptors (Lipinski definition) is 3. The molecule has 0 saturated heterocycles. The smallest absolute Gasteiger partial charge is 0.263 e. The quantitative estimate of drug-likeness (QED) is 0.713. The van der Waals surface area contributed by atoms with E-state index in [-0.39, 0.29) is 11.7 Å². The van der Waals surface area contributed by atoms with Gasteiger partial charge in [-0.3, -0.25) is 4.79 Å². The third kappa shape index (κ3) is 3.19. The van der Waals surface area contributed by atoms with E-state index in [0.717, 1.165) is 12.3 Å². The molecule has 0 atom stereocenters. The van der Waals surface area contributed by atoms with Crippen LogP contribution in [0.2, 0.25) is 0 Å². The van der Waals surface area contributed by atoms with Gasteiger partial charge >= 0.3 is 0 Å². The number of ketones is 1. The fraction of sp³-hybridized carbons (Fsp3) is 0.692. The van der Waals surface area contributed by atoms with E-state index >= 15 is 0 Å². The number of nitrogens with zero attached hydrogens (tertiary/aromatic N) is 1. The number of oxazole rings is 1. The number of hydrogen-bond donors (Lipinski definition) is 0. The molecule has 0 aliphatic heterocycles. The van der Waals surface area contributed by atoms with Crippen LogP contribution in [0.25, 0.3) is 0 Å². The van der Waals surface area contributed by atoms with Crippen LogP contribution in [0.15, 0.2) is 16.9 Å². The summed E-state index contributed by atoms with van der Waals surface area (Å²) in [5.41, 5.74) is 0. The lowest BCUT2D eigenvalue weighted by Crippen LogP contribution is -2.07. The molecule has 0 unspecified atom stereocenters. The Labute approximate surface area is 96.3 Å². The van der Waals surface area contributed by atoms with E-state index in [1.807, 2.05) is 0 Å². The van der Waals surface area contributed by atoms with Crippen molar-refractivity contribution in [1.29, 1.82) is 0 Å². The van der Waals surface area contributed by atoms with Crippen LogP contribution in [-0.4, -0.2) is 10.8 Å². The molecule has 1 heterocycles. The molecular formula is C13H19NO2. The fourth-order valence-electron chi connectivity index (χ4n) is 2.50. The van der Waals surface area contributed by atoms with Crippen LogP contribution in [0.5, 0.6) is 0 Å². The molecule has 3 nitrogen and oxygen atoms in total. The van der Waals surface area contributed by atoms with Gasteiger partial charge in [0.15, 0.2) is 0 Å². The maximum Gasteiger partial charge on any atom is 0.263 e. The number of aromatic nitrogens is 1. The average molecular weight is 221 g/mol. The first-order chi connectivity index (χ1) is 7.86. The Kier molecular flexibility index (Phi) is 4.14. The van der Waals surface area contributed by atoms with Crippen molar-refractivity contribution in [3.8, 4) is 0 Å². The van der Waals surface area contributed by atoms with Crippen LogP contribution in [-0.2, 0) is 0 Å². The van der Waals surface area contributed by atoms with Gasteiger partial charge in [-0.25, -0.2) is 4.98 Å². The molecule has 1 fully saturated rings. The van der Waals surface area contributed by atoms with E-state index in [2.05, 4.69) is 4.98 Å². The Morgan fingerprint density at radius 2 is 2.19 bits per heavy atom. The van der Waals surface area contributed by atoms with Gasteiger partial charge in [0.05, 0.1) is 6.20 Å². The van der Waals surface area contributed by atoms with Gasteiger partial charge < -0.3 is 4.42 Å². The summed E-state index contributed by atoms with van der Waals surface area (Å²) in [5.74, 6) is 1.16. The summed E-state index contributed by atoms with van der Waals surface area (Å²) in [7, 11) is 0. The largest absolute Gasteiger partial charge is 0.442 e. The second-order valence-electron chi connectivity index (χ2n) is 4.66. The molecule has 1 aromatic heterocycles. The number of Topliss-reactive ketones (excluding diaryl/α,β-unsaturated/α-hetero) is 1. The lowest BCUT2D eigenvalue weighted by atomic mass is 9.85. The van der Waals surface area contributed by atoms with E-state index in [4.69, 9.17) is 4.42 Å².